The van der Waals surface area contributed by atoms with Crippen LogP contribution in [0.1, 0.15) is 65.2 Å². The molecule has 2 rings (SSSR count). The van der Waals surface area contributed by atoms with E-state index in [0.717, 1.165) is 38.3 Å². The van der Waals surface area contributed by atoms with E-state index in [9.17, 15) is 4.79 Å². The average Bonchev–Trinajstić information content (AvgIpc) is 2.36. The van der Waals surface area contributed by atoms with Gasteiger partial charge in [0.1, 0.15) is 0 Å². The van der Waals surface area contributed by atoms with Gasteiger partial charge in [-0.15, -0.1) is 0 Å². The van der Waals surface area contributed by atoms with Gasteiger partial charge in [0.05, 0.1) is 0 Å². The molecule has 1 heterocycles. The van der Waals surface area contributed by atoms with E-state index in [-0.39, 0.29) is 5.91 Å². The van der Waals surface area contributed by atoms with Crippen molar-refractivity contribution in [3.05, 3.63) is 0 Å². The zero-order valence-electron chi connectivity index (χ0n) is 12.6. The van der Waals surface area contributed by atoms with Gasteiger partial charge in [0, 0.05) is 12.5 Å². The van der Waals surface area contributed by atoms with Crippen molar-refractivity contribution in [3.63, 3.8) is 0 Å². The maximum Gasteiger partial charge on any atom is 0.220 e. The van der Waals surface area contributed by atoms with Crippen LogP contribution < -0.4 is 10.6 Å². The second-order valence-electron chi connectivity index (χ2n) is 7.26. The molecular formula is C16H30N2O. The molecule has 1 amide bonds. The fraction of sp³-hybridized carbons (Fsp3) is 0.938. The molecule has 0 aromatic rings. The number of hydrogen-bond acceptors (Lipinski definition) is 2. The van der Waals surface area contributed by atoms with Crippen LogP contribution in [0.25, 0.3) is 0 Å². The fourth-order valence-electron chi connectivity index (χ4n) is 3.63. The summed E-state index contributed by atoms with van der Waals surface area (Å²) < 4.78 is 0. The molecule has 19 heavy (non-hydrogen) atoms. The van der Waals surface area contributed by atoms with Crippen molar-refractivity contribution in [2.24, 2.45) is 11.3 Å². The Kier molecular flexibility index (Phi) is 5.26. The summed E-state index contributed by atoms with van der Waals surface area (Å²) in [6, 6.07) is 0.421. The van der Waals surface area contributed by atoms with Crippen LogP contribution >= 0.6 is 0 Å². The second kappa shape index (κ2) is 6.74. The minimum atomic E-state index is 0.279. The van der Waals surface area contributed by atoms with Gasteiger partial charge in [-0.2, -0.15) is 0 Å². The molecule has 0 aromatic heterocycles. The molecule has 2 N–H and O–H groups in total. The summed E-state index contributed by atoms with van der Waals surface area (Å²) in [6.07, 6.45) is 9.15. The summed E-state index contributed by atoms with van der Waals surface area (Å²) in [5, 5.41) is 6.64. The predicted octanol–water partition coefficient (Wildman–Crippen LogP) is 2.85. The molecular weight excluding hydrogens is 236 g/mol. The molecule has 2 fully saturated rings. The van der Waals surface area contributed by atoms with Crippen molar-refractivity contribution in [1.82, 2.24) is 10.6 Å². The minimum absolute atomic E-state index is 0.279. The van der Waals surface area contributed by atoms with Crippen LogP contribution in [0, 0.1) is 11.3 Å². The number of amides is 1. The fourth-order valence-corrected chi connectivity index (χ4v) is 3.63. The lowest BCUT2D eigenvalue weighted by Crippen LogP contribution is -2.40. The molecule has 110 valence electrons. The van der Waals surface area contributed by atoms with Crippen molar-refractivity contribution in [2.75, 3.05) is 13.1 Å². The number of nitrogens with one attached hydrogen (secondary N) is 2. The molecule has 3 nitrogen and oxygen atoms in total. The first kappa shape index (κ1) is 14.8. The van der Waals surface area contributed by atoms with Crippen LogP contribution in [-0.4, -0.2) is 25.0 Å². The molecule has 0 aromatic carbocycles. The first-order valence-electron chi connectivity index (χ1n) is 8.05. The maximum absolute atomic E-state index is 12.0. The highest BCUT2D eigenvalue weighted by Gasteiger charge is 2.28. The molecule has 1 aliphatic carbocycles. The Morgan fingerprint density at radius 1 is 1.26 bits per heavy atom. The van der Waals surface area contributed by atoms with Crippen LogP contribution in [0.4, 0.5) is 0 Å². The maximum atomic E-state index is 12.0. The molecule has 1 atom stereocenters. The van der Waals surface area contributed by atoms with Gasteiger partial charge in [0.2, 0.25) is 5.91 Å². The number of carbonyl (C=O) groups excluding carboxylic acids is 1. The Morgan fingerprint density at radius 3 is 2.68 bits per heavy atom. The van der Waals surface area contributed by atoms with E-state index >= 15 is 0 Å². The van der Waals surface area contributed by atoms with E-state index in [4.69, 9.17) is 0 Å². The Labute approximate surface area is 117 Å². The Hall–Kier alpha value is -0.570. The highest BCUT2D eigenvalue weighted by atomic mass is 16.1. The van der Waals surface area contributed by atoms with E-state index in [0.29, 0.717) is 11.5 Å². The first-order chi connectivity index (χ1) is 9.05. The van der Waals surface area contributed by atoms with E-state index < -0.39 is 0 Å². The van der Waals surface area contributed by atoms with Crippen molar-refractivity contribution in [3.8, 4) is 0 Å². The zero-order chi connectivity index (χ0) is 13.7. The Morgan fingerprint density at radius 2 is 2.00 bits per heavy atom. The van der Waals surface area contributed by atoms with E-state index in [1.165, 1.54) is 32.1 Å². The lowest BCUT2D eigenvalue weighted by molar-refractivity contribution is -0.122. The highest BCUT2D eigenvalue weighted by Crippen LogP contribution is 2.35. The largest absolute Gasteiger partial charge is 0.353 e. The summed E-state index contributed by atoms with van der Waals surface area (Å²) in [5.74, 6) is 1.04. The van der Waals surface area contributed by atoms with Gasteiger partial charge in [0.25, 0.3) is 0 Å². The predicted molar refractivity (Wildman–Crippen MR) is 79.0 cm³/mol. The van der Waals surface area contributed by atoms with Crippen LogP contribution in [0.15, 0.2) is 0 Å². The number of piperidine rings is 1. The first-order valence-corrected chi connectivity index (χ1v) is 8.05. The normalized spacial score (nSPS) is 28.0. The lowest BCUT2D eigenvalue weighted by Gasteiger charge is -2.35. The van der Waals surface area contributed by atoms with Crippen LogP contribution in [0.5, 0.6) is 0 Å². The van der Waals surface area contributed by atoms with Crippen molar-refractivity contribution in [1.29, 1.82) is 0 Å². The minimum Gasteiger partial charge on any atom is -0.353 e. The molecule has 2 aliphatic rings. The van der Waals surface area contributed by atoms with Gasteiger partial charge in [-0.1, -0.05) is 20.3 Å². The third kappa shape index (κ3) is 5.13. The number of hydrogen-bond donors (Lipinski definition) is 2. The second-order valence-corrected chi connectivity index (χ2v) is 7.26. The third-order valence-electron chi connectivity index (χ3n) is 4.81. The highest BCUT2D eigenvalue weighted by molar-refractivity contribution is 5.76. The standard InChI is InChI=1S/C16H30N2O/c1-16(2)9-3-4-14(12-16)18-15(19)6-5-13-7-10-17-11-8-13/h13-14,17H,3-12H2,1-2H3,(H,18,19). The van der Waals surface area contributed by atoms with Gasteiger partial charge in [-0.3, -0.25) is 4.79 Å². The lowest BCUT2D eigenvalue weighted by atomic mass is 9.75. The van der Waals surface area contributed by atoms with Gasteiger partial charge < -0.3 is 10.6 Å². The number of rotatable bonds is 4. The summed E-state index contributed by atoms with van der Waals surface area (Å²) >= 11 is 0. The molecule has 1 saturated heterocycles. The number of carbonyl (C=O) groups is 1. The van der Waals surface area contributed by atoms with Crippen LogP contribution in [-0.2, 0) is 4.79 Å². The Balaban J connectivity index is 1.66. The SMILES string of the molecule is CC1(C)CCCC(NC(=O)CCC2CCNCC2)C1. The van der Waals surface area contributed by atoms with E-state index in [1.54, 1.807) is 0 Å². The monoisotopic (exact) mass is 266 g/mol. The molecule has 1 saturated carbocycles. The topological polar surface area (TPSA) is 41.1 Å². The summed E-state index contributed by atoms with van der Waals surface area (Å²) in [7, 11) is 0. The van der Waals surface area contributed by atoms with Crippen molar-refractivity contribution >= 4 is 5.91 Å². The summed E-state index contributed by atoms with van der Waals surface area (Å²) in [4.78, 5) is 12.0. The van der Waals surface area contributed by atoms with E-state index in [1.807, 2.05) is 0 Å². The van der Waals surface area contributed by atoms with E-state index in [2.05, 4.69) is 24.5 Å². The van der Waals surface area contributed by atoms with Gasteiger partial charge in [0.15, 0.2) is 0 Å². The van der Waals surface area contributed by atoms with Crippen molar-refractivity contribution in [2.45, 2.75) is 71.3 Å². The van der Waals surface area contributed by atoms with Crippen molar-refractivity contribution < 1.29 is 4.79 Å². The molecule has 1 unspecified atom stereocenters. The molecule has 1 aliphatic heterocycles. The summed E-state index contributed by atoms with van der Waals surface area (Å²) in [6.45, 7) is 6.90. The van der Waals surface area contributed by atoms with Crippen LogP contribution in [0.2, 0.25) is 0 Å². The molecule has 3 heteroatoms. The van der Waals surface area contributed by atoms with Gasteiger partial charge in [-0.25, -0.2) is 0 Å². The molecule has 0 radical (unpaired) electrons. The zero-order valence-corrected chi connectivity index (χ0v) is 12.6. The summed E-state index contributed by atoms with van der Waals surface area (Å²) in [5.41, 5.74) is 0.408. The van der Waals surface area contributed by atoms with Gasteiger partial charge in [-0.05, 0) is 62.9 Å². The third-order valence-corrected chi connectivity index (χ3v) is 4.81. The quantitative estimate of drug-likeness (QED) is 0.821. The molecule has 0 bridgehead atoms. The smallest absolute Gasteiger partial charge is 0.220 e. The van der Waals surface area contributed by atoms with Crippen LogP contribution in [0.3, 0.4) is 0 Å². The molecule has 0 spiro atoms. The Bertz CT molecular complexity index is 295. The average molecular weight is 266 g/mol. The van der Waals surface area contributed by atoms with Gasteiger partial charge >= 0.3 is 0 Å².